The molecule has 0 bridgehead atoms. The second-order valence-corrected chi connectivity index (χ2v) is 7.30. The summed E-state index contributed by atoms with van der Waals surface area (Å²) < 4.78 is 1.30. The van der Waals surface area contributed by atoms with Gasteiger partial charge in [-0.05, 0) is 45.1 Å². The minimum absolute atomic E-state index is 0. The Bertz CT molecular complexity index is 512. The molecule has 1 heterocycles. The van der Waals surface area contributed by atoms with Crippen molar-refractivity contribution in [1.29, 1.82) is 0 Å². The first-order valence-electron chi connectivity index (χ1n) is 9.61. The van der Waals surface area contributed by atoms with E-state index in [1.54, 1.807) is 5.57 Å². The lowest BCUT2D eigenvalue weighted by Gasteiger charge is -2.46. The quantitative estimate of drug-likeness (QED) is 0.380. The van der Waals surface area contributed by atoms with Gasteiger partial charge in [-0.25, -0.2) is 0 Å². The molecule has 1 aromatic carbocycles. The van der Waals surface area contributed by atoms with Crippen LogP contribution >= 0.6 is 0 Å². The van der Waals surface area contributed by atoms with Gasteiger partial charge in [0.25, 0.3) is 0 Å². The fraction of sp³-hybridized carbons (Fsp3) is 0.619. The molecule has 2 aliphatic rings. The van der Waals surface area contributed by atoms with Gasteiger partial charge in [0.2, 0.25) is 0 Å². The third-order valence-corrected chi connectivity index (χ3v) is 6.22. The third-order valence-electron chi connectivity index (χ3n) is 6.22. The first-order chi connectivity index (χ1) is 11.3. The lowest BCUT2D eigenvalue weighted by atomic mass is 9.88. The summed E-state index contributed by atoms with van der Waals surface area (Å²) in [6.45, 7) is 12.4. The number of halogens is 1. The molecule has 0 amide bonds. The predicted octanol–water partition coefficient (Wildman–Crippen LogP) is 1.40. The highest BCUT2D eigenvalue weighted by Gasteiger charge is 2.34. The molecule has 1 atom stereocenters. The SMILES string of the molecule is CC[N+]1(CC)CCN(C(C2=CCCCC2)c2ccccc2)CC1.[I-]. The smallest absolute Gasteiger partial charge is 0.0916 e. The molecular formula is C21H33IN2. The maximum Gasteiger partial charge on any atom is 0.0916 e. The number of rotatable bonds is 5. The van der Waals surface area contributed by atoms with Gasteiger partial charge in [0.05, 0.1) is 32.2 Å². The molecule has 1 aliphatic carbocycles. The molecule has 3 rings (SSSR count). The topological polar surface area (TPSA) is 3.24 Å². The van der Waals surface area contributed by atoms with Crippen LogP contribution in [0.1, 0.15) is 51.1 Å². The monoisotopic (exact) mass is 440 g/mol. The molecule has 3 heteroatoms. The van der Waals surface area contributed by atoms with Gasteiger partial charge < -0.3 is 28.5 Å². The Morgan fingerprint density at radius 1 is 1.00 bits per heavy atom. The van der Waals surface area contributed by atoms with Gasteiger partial charge in [-0.15, -0.1) is 0 Å². The van der Waals surface area contributed by atoms with Crippen molar-refractivity contribution in [2.24, 2.45) is 0 Å². The van der Waals surface area contributed by atoms with E-state index in [0.29, 0.717) is 6.04 Å². The van der Waals surface area contributed by atoms with E-state index in [4.69, 9.17) is 0 Å². The van der Waals surface area contributed by atoms with E-state index in [-0.39, 0.29) is 24.0 Å². The van der Waals surface area contributed by atoms with Crippen molar-refractivity contribution in [3.05, 3.63) is 47.5 Å². The Morgan fingerprint density at radius 2 is 1.67 bits per heavy atom. The van der Waals surface area contributed by atoms with Crippen LogP contribution in [-0.4, -0.2) is 48.7 Å². The minimum atomic E-state index is 0. The molecule has 0 N–H and O–H groups in total. The van der Waals surface area contributed by atoms with Crippen LogP contribution < -0.4 is 24.0 Å². The van der Waals surface area contributed by atoms with Crippen LogP contribution in [0.15, 0.2) is 42.0 Å². The summed E-state index contributed by atoms with van der Waals surface area (Å²) in [6.07, 6.45) is 7.84. The van der Waals surface area contributed by atoms with Crippen LogP contribution in [0.4, 0.5) is 0 Å². The summed E-state index contributed by atoms with van der Waals surface area (Å²) in [5, 5.41) is 0. The number of nitrogens with zero attached hydrogens (tertiary/aromatic N) is 2. The molecule has 0 spiro atoms. The van der Waals surface area contributed by atoms with Crippen LogP contribution in [0.25, 0.3) is 0 Å². The van der Waals surface area contributed by atoms with Crippen molar-refractivity contribution in [2.45, 2.75) is 45.6 Å². The van der Waals surface area contributed by atoms with Crippen LogP contribution in [0.5, 0.6) is 0 Å². The number of hydrogen-bond acceptors (Lipinski definition) is 1. The van der Waals surface area contributed by atoms with Crippen molar-refractivity contribution < 1.29 is 28.5 Å². The Morgan fingerprint density at radius 3 is 2.21 bits per heavy atom. The summed E-state index contributed by atoms with van der Waals surface area (Å²) in [6, 6.07) is 11.7. The number of quaternary nitrogens is 1. The van der Waals surface area contributed by atoms with Gasteiger partial charge in [0, 0.05) is 13.1 Å². The minimum Gasteiger partial charge on any atom is -1.00 e. The molecule has 2 nitrogen and oxygen atoms in total. The van der Waals surface area contributed by atoms with Gasteiger partial charge in [-0.2, -0.15) is 0 Å². The van der Waals surface area contributed by atoms with E-state index >= 15 is 0 Å². The van der Waals surface area contributed by atoms with E-state index in [1.807, 2.05) is 0 Å². The molecule has 1 aromatic rings. The zero-order valence-corrected chi connectivity index (χ0v) is 17.5. The molecule has 0 aromatic heterocycles. The molecule has 1 unspecified atom stereocenters. The number of piperazine rings is 1. The first-order valence-corrected chi connectivity index (χ1v) is 9.61. The molecular weight excluding hydrogens is 407 g/mol. The van der Waals surface area contributed by atoms with E-state index < -0.39 is 0 Å². The molecule has 0 saturated carbocycles. The Kier molecular flexibility index (Phi) is 7.76. The Hall–Kier alpha value is -0.390. The van der Waals surface area contributed by atoms with Crippen LogP contribution in [0.2, 0.25) is 0 Å². The van der Waals surface area contributed by atoms with Crippen molar-refractivity contribution in [3.63, 3.8) is 0 Å². The lowest BCUT2D eigenvalue weighted by Crippen LogP contribution is -3.00. The largest absolute Gasteiger partial charge is 1.00 e. The van der Waals surface area contributed by atoms with E-state index in [1.165, 1.54) is 75.0 Å². The summed E-state index contributed by atoms with van der Waals surface area (Å²) in [5.41, 5.74) is 3.17. The summed E-state index contributed by atoms with van der Waals surface area (Å²) in [4.78, 5) is 2.76. The van der Waals surface area contributed by atoms with Crippen LogP contribution in [0.3, 0.4) is 0 Å². The zero-order chi connectivity index (χ0) is 16.1. The van der Waals surface area contributed by atoms with Gasteiger partial charge >= 0.3 is 0 Å². The highest BCUT2D eigenvalue weighted by atomic mass is 127. The molecule has 1 saturated heterocycles. The molecule has 1 fully saturated rings. The average molecular weight is 440 g/mol. The van der Waals surface area contributed by atoms with Crippen LogP contribution in [0, 0.1) is 0 Å². The molecule has 1 aliphatic heterocycles. The summed E-state index contributed by atoms with van der Waals surface area (Å²) >= 11 is 0. The number of hydrogen-bond donors (Lipinski definition) is 0. The second kappa shape index (κ2) is 9.35. The highest BCUT2D eigenvalue weighted by molar-refractivity contribution is 5.29. The maximum absolute atomic E-state index is 2.76. The molecule has 24 heavy (non-hydrogen) atoms. The number of likely N-dealkylation sites (N-methyl/N-ethyl adjacent to an activating group) is 1. The Labute approximate surface area is 165 Å². The van der Waals surface area contributed by atoms with Crippen molar-refractivity contribution >= 4 is 0 Å². The standard InChI is InChI=1S/C21H33N2.HI/c1-3-23(4-2)17-15-22(16-18-23)21(19-11-7-5-8-12-19)20-13-9-6-10-14-20;/h5,7-8,11-13,21H,3-4,6,9-10,14-18H2,1-2H3;1H/q+1;/p-1. The van der Waals surface area contributed by atoms with Gasteiger partial charge in [0.15, 0.2) is 0 Å². The fourth-order valence-electron chi connectivity index (χ4n) is 4.43. The highest BCUT2D eigenvalue weighted by Crippen LogP contribution is 2.35. The first kappa shape index (κ1) is 19.9. The van der Waals surface area contributed by atoms with Gasteiger partial charge in [-0.1, -0.05) is 42.0 Å². The van der Waals surface area contributed by atoms with E-state index in [9.17, 15) is 0 Å². The normalized spacial score (nSPS) is 22.3. The van der Waals surface area contributed by atoms with Gasteiger partial charge in [-0.3, -0.25) is 4.90 Å². The fourth-order valence-corrected chi connectivity index (χ4v) is 4.43. The summed E-state index contributed by atoms with van der Waals surface area (Å²) in [7, 11) is 0. The van der Waals surface area contributed by atoms with Crippen molar-refractivity contribution in [2.75, 3.05) is 39.3 Å². The number of allylic oxidation sites excluding steroid dienone is 1. The average Bonchev–Trinajstić information content (AvgIpc) is 2.65. The van der Waals surface area contributed by atoms with Crippen molar-refractivity contribution in [3.8, 4) is 0 Å². The molecule has 134 valence electrons. The van der Waals surface area contributed by atoms with E-state index in [0.717, 1.165) is 0 Å². The lowest BCUT2D eigenvalue weighted by molar-refractivity contribution is -0.929. The summed E-state index contributed by atoms with van der Waals surface area (Å²) in [5.74, 6) is 0. The number of benzene rings is 1. The van der Waals surface area contributed by atoms with Crippen molar-refractivity contribution in [1.82, 2.24) is 4.90 Å². The Balaban J connectivity index is 0.00000208. The second-order valence-electron chi connectivity index (χ2n) is 7.30. The zero-order valence-electron chi connectivity index (χ0n) is 15.4. The van der Waals surface area contributed by atoms with E-state index in [2.05, 4.69) is 55.2 Å². The predicted molar refractivity (Wildman–Crippen MR) is 98.4 cm³/mol. The third kappa shape index (κ3) is 4.41. The van der Waals surface area contributed by atoms with Gasteiger partial charge in [0.1, 0.15) is 0 Å². The van der Waals surface area contributed by atoms with Crippen LogP contribution in [-0.2, 0) is 0 Å². The maximum atomic E-state index is 2.76. The molecule has 0 radical (unpaired) electrons.